The van der Waals surface area contributed by atoms with E-state index in [1.165, 1.54) is 5.56 Å². The molecule has 1 rings (SSSR count). The van der Waals surface area contributed by atoms with Crippen LogP contribution in [0.25, 0.3) is 0 Å². The first kappa shape index (κ1) is 11.1. The van der Waals surface area contributed by atoms with Crippen LogP contribution in [0.2, 0.25) is 0 Å². The van der Waals surface area contributed by atoms with Gasteiger partial charge < -0.3 is 10.4 Å². The van der Waals surface area contributed by atoms with Gasteiger partial charge in [0.05, 0.1) is 6.61 Å². The zero-order valence-corrected chi connectivity index (χ0v) is 9.12. The number of rotatable bonds is 4. The van der Waals surface area contributed by atoms with E-state index in [2.05, 4.69) is 31.3 Å². The highest BCUT2D eigenvalue weighted by Crippen LogP contribution is 2.23. The topological polar surface area (TPSA) is 32.3 Å². The van der Waals surface area contributed by atoms with Crippen LogP contribution >= 0.6 is 0 Å². The number of benzene rings is 1. The molecule has 0 saturated heterocycles. The van der Waals surface area contributed by atoms with Crippen molar-refractivity contribution in [1.82, 2.24) is 0 Å². The van der Waals surface area contributed by atoms with E-state index in [-0.39, 0.29) is 12.6 Å². The molecule has 78 valence electrons. The molecule has 1 atom stereocenters. The third kappa shape index (κ3) is 2.74. The molecule has 0 fully saturated rings. The summed E-state index contributed by atoms with van der Waals surface area (Å²) < 4.78 is 0. The molecule has 1 unspecified atom stereocenters. The van der Waals surface area contributed by atoms with Gasteiger partial charge in [0.25, 0.3) is 0 Å². The van der Waals surface area contributed by atoms with Gasteiger partial charge in [-0.2, -0.15) is 0 Å². The van der Waals surface area contributed by atoms with Gasteiger partial charge in [-0.25, -0.2) is 0 Å². The number of aliphatic hydroxyl groups excluding tert-OH is 1. The van der Waals surface area contributed by atoms with E-state index in [0.717, 1.165) is 5.69 Å². The summed E-state index contributed by atoms with van der Waals surface area (Å²) in [7, 11) is 0. The molecule has 14 heavy (non-hydrogen) atoms. The second-order valence-electron chi connectivity index (χ2n) is 3.97. The van der Waals surface area contributed by atoms with E-state index < -0.39 is 0 Å². The second kappa shape index (κ2) is 5.01. The van der Waals surface area contributed by atoms with E-state index in [1.807, 2.05) is 19.1 Å². The minimum atomic E-state index is 0.106. The van der Waals surface area contributed by atoms with Crippen molar-refractivity contribution >= 4 is 5.69 Å². The van der Waals surface area contributed by atoms with Crippen molar-refractivity contribution in [3.8, 4) is 0 Å². The van der Waals surface area contributed by atoms with Gasteiger partial charge in [-0.1, -0.05) is 32.0 Å². The zero-order valence-electron chi connectivity index (χ0n) is 9.12. The fraction of sp³-hybridized carbons (Fsp3) is 0.500. The van der Waals surface area contributed by atoms with E-state index in [0.29, 0.717) is 5.92 Å². The fourth-order valence-electron chi connectivity index (χ4n) is 1.44. The van der Waals surface area contributed by atoms with Crippen molar-refractivity contribution in [2.75, 3.05) is 11.9 Å². The van der Waals surface area contributed by atoms with Crippen LogP contribution in [0.4, 0.5) is 5.69 Å². The zero-order chi connectivity index (χ0) is 10.6. The molecule has 0 aromatic heterocycles. The summed E-state index contributed by atoms with van der Waals surface area (Å²) >= 11 is 0. The highest BCUT2D eigenvalue weighted by molar-refractivity contribution is 5.53. The fourth-order valence-corrected chi connectivity index (χ4v) is 1.44. The van der Waals surface area contributed by atoms with Crippen LogP contribution in [0.15, 0.2) is 24.3 Å². The molecule has 0 saturated carbocycles. The van der Waals surface area contributed by atoms with E-state index in [1.54, 1.807) is 0 Å². The van der Waals surface area contributed by atoms with Crippen LogP contribution in [-0.4, -0.2) is 17.8 Å². The summed E-state index contributed by atoms with van der Waals surface area (Å²) in [6.07, 6.45) is 0. The quantitative estimate of drug-likeness (QED) is 0.770. The van der Waals surface area contributed by atoms with E-state index >= 15 is 0 Å². The Morgan fingerprint density at radius 2 is 1.86 bits per heavy atom. The summed E-state index contributed by atoms with van der Waals surface area (Å²) in [5, 5.41) is 12.3. The molecular formula is C12H19NO. The Bertz CT molecular complexity index is 283. The van der Waals surface area contributed by atoms with Crippen molar-refractivity contribution in [3.63, 3.8) is 0 Å². The Morgan fingerprint density at radius 3 is 2.43 bits per heavy atom. The molecule has 0 aliphatic rings. The Kier molecular flexibility index (Phi) is 3.96. The Balaban J connectivity index is 2.84. The summed E-state index contributed by atoms with van der Waals surface area (Å²) in [4.78, 5) is 0. The number of anilines is 1. The van der Waals surface area contributed by atoms with Crippen LogP contribution in [0.1, 0.15) is 32.3 Å². The molecule has 0 aliphatic heterocycles. The van der Waals surface area contributed by atoms with Gasteiger partial charge in [-0.15, -0.1) is 0 Å². The SMILES string of the molecule is CC(CO)Nc1ccccc1C(C)C. The lowest BCUT2D eigenvalue weighted by Crippen LogP contribution is -2.20. The second-order valence-corrected chi connectivity index (χ2v) is 3.97. The number of aliphatic hydroxyl groups is 1. The lowest BCUT2D eigenvalue weighted by Gasteiger charge is -2.17. The highest BCUT2D eigenvalue weighted by Gasteiger charge is 2.07. The normalized spacial score (nSPS) is 12.9. The molecule has 0 spiro atoms. The van der Waals surface area contributed by atoms with Crippen LogP contribution in [0, 0.1) is 0 Å². The number of hydrogen-bond donors (Lipinski definition) is 2. The van der Waals surface area contributed by atoms with Crippen molar-refractivity contribution in [2.45, 2.75) is 32.7 Å². The van der Waals surface area contributed by atoms with Crippen LogP contribution < -0.4 is 5.32 Å². The van der Waals surface area contributed by atoms with Gasteiger partial charge in [0.2, 0.25) is 0 Å². The first-order valence-electron chi connectivity index (χ1n) is 5.11. The minimum Gasteiger partial charge on any atom is -0.394 e. The molecule has 2 heteroatoms. The number of nitrogens with one attached hydrogen (secondary N) is 1. The molecule has 0 amide bonds. The number of para-hydroxylation sites is 1. The first-order valence-corrected chi connectivity index (χ1v) is 5.11. The predicted octanol–water partition coefficient (Wildman–Crippen LogP) is 2.60. The van der Waals surface area contributed by atoms with E-state index in [4.69, 9.17) is 5.11 Å². The van der Waals surface area contributed by atoms with Gasteiger partial charge in [0.15, 0.2) is 0 Å². The van der Waals surface area contributed by atoms with Crippen molar-refractivity contribution in [2.24, 2.45) is 0 Å². The molecule has 2 nitrogen and oxygen atoms in total. The summed E-state index contributed by atoms with van der Waals surface area (Å²) in [6, 6.07) is 8.34. The third-order valence-corrected chi connectivity index (χ3v) is 2.26. The smallest absolute Gasteiger partial charge is 0.0630 e. The third-order valence-electron chi connectivity index (χ3n) is 2.26. The van der Waals surface area contributed by atoms with Gasteiger partial charge in [-0.05, 0) is 24.5 Å². The number of hydrogen-bond acceptors (Lipinski definition) is 2. The van der Waals surface area contributed by atoms with Crippen LogP contribution in [-0.2, 0) is 0 Å². The highest BCUT2D eigenvalue weighted by atomic mass is 16.3. The Morgan fingerprint density at radius 1 is 1.21 bits per heavy atom. The first-order chi connectivity index (χ1) is 6.65. The maximum atomic E-state index is 8.96. The Labute approximate surface area is 86.0 Å². The van der Waals surface area contributed by atoms with Crippen LogP contribution in [0.5, 0.6) is 0 Å². The van der Waals surface area contributed by atoms with Gasteiger partial charge in [-0.3, -0.25) is 0 Å². The minimum absolute atomic E-state index is 0.106. The molecule has 0 heterocycles. The maximum absolute atomic E-state index is 8.96. The molecule has 0 radical (unpaired) electrons. The molecule has 2 N–H and O–H groups in total. The van der Waals surface area contributed by atoms with Gasteiger partial charge >= 0.3 is 0 Å². The summed E-state index contributed by atoms with van der Waals surface area (Å²) in [5.74, 6) is 0.504. The molecule has 0 bridgehead atoms. The molecular weight excluding hydrogens is 174 g/mol. The largest absolute Gasteiger partial charge is 0.394 e. The maximum Gasteiger partial charge on any atom is 0.0630 e. The Hall–Kier alpha value is -1.02. The summed E-state index contributed by atoms with van der Waals surface area (Å²) in [5.41, 5.74) is 2.43. The van der Waals surface area contributed by atoms with Crippen molar-refractivity contribution in [1.29, 1.82) is 0 Å². The van der Waals surface area contributed by atoms with Gasteiger partial charge in [0.1, 0.15) is 0 Å². The van der Waals surface area contributed by atoms with Gasteiger partial charge in [0, 0.05) is 11.7 Å². The lowest BCUT2D eigenvalue weighted by atomic mass is 10.0. The summed E-state index contributed by atoms with van der Waals surface area (Å²) in [6.45, 7) is 6.47. The van der Waals surface area contributed by atoms with E-state index in [9.17, 15) is 0 Å². The molecule has 1 aromatic rings. The van der Waals surface area contributed by atoms with Crippen molar-refractivity contribution in [3.05, 3.63) is 29.8 Å². The van der Waals surface area contributed by atoms with Crippen LogP contribution in [0.3, 0.4) is 0 Å². The lowest BCUT2D eigenvalue weighted by molar-refractivity contribution is 0.281. The van der Waals surface area contributed by atoms with Crippen molar-refractivity contribution < 1.29 is 5.11 Å². The average molecular weight is 193 g/mol. The average Bonchev–Trinajstić information content (AvgIpc) is 2.18. The molecule has 1 aromatic carbocycles. The monoisotopic (exact) mass is 193 g/mol. The standard InChI is InChI=1S/C12H19NO/c1-9(2)11-6-4-5-7-12(11)13-10(3)8-14/h4-7,9-10,13-14H,8H2,1-3H3. The molecule has 0 aliphatic carbocycles. The predicted molar refractivity (Wildman–Crippen MR) is 60.7 cm³/mol.